The molecule has 2 N–H and O–H groups in total. The molecular weight excluding hydrogens is 231 g/mol. The maximum atomic E-state index is 12.9. The minimum Gasteiger partial charge on any atom is -0.437 e. The van der Waals surface area contributed by atoms with Crippen molar-refractivity contribution in [3.63, 3.8) is 0 Å². The fraction of sp³-hybridized carbons (Fsp3) is 0. The van der Waals surface area contributed by atoms with Crippen molar-refractivity contribution in [1.82, 2.24) is 4.98 Å². The summed E-state index contributed by atoms with van der Waals surface area (Å²) in [6.07, 6.45) is 1.41. The molecule has 3 nitrogen and oxygen atoms in total. The Labute approximate surface area is 96.6 Å². The van der Waals surface area contributed by atoms with Gasteiger partial charge in [0.1, 0.15) is 11.6 Å². The van der Waals surface area contributed by atoms with Crippen LogP contribution in [0.3, 0.4) is 0 Å². The van der Waals surface area contributed by atoms with Gasteiger partial charge in [0.2, 0.25) is 5.88 Å². The van der Waals surface area contributed by atoms with Crippen LogP contribution in [0.15, 0.2) is 36.5 Å². The highest BCUT2D eigenvalue weighted by atomic mass is 35.5. The summed E-state index contributed by atoms with van der Waals surface area (Å²) in [4.78, 5) is 3.90. The van der Waals surface area contributed by atoms with E-state index in [1.54, 1.807) is 6.07 Å². The SMILES string of the molecule is Nc1cc(Cl)cnc1Oc1cccc(F)c1. The van der Waals surface area contributed by atoms with Crippen molar-refractivity contribution in [1.29, 1.82) is 0 Å². The number of hydrogen-bond acceptors (Lipinski definition) is 3. The third-order valence-electron chi connectivity index (χ3n) is 1.86. The van der Waals surface area contributed by atoms with Gasteiger partial charge in [-0.25, -0.2) is 9.37 Å². The molecular formula is C11H8ClFN2O. The summed E-state index contributed by atoms with van der Waals surface area (Å²) in [6, 6.07) is 7.24. The topological polar surface area (TPSA) is 48.1 Å². The van der Waals surface area contributed by atoms with Crippen molar-refractivity contribution in [3.05, 3.63) is 47.4 Å². The standard InChI is InChI=1S/C11H8ClFN2O/c12-7-4-10(14)11(15-6-7)16-9-3-1-2-8(13)5-9/h1-6H,14H2. The molecule has 1 aromatic carbocycles. The number of halogens is 2. The van der Waals surface area contributed by atoms with Gasteiger partial charge in [-0.2, -0.15) is 0 Å². The molecule has 2 rings (SSSR count). The normalized spacial score (nSPS) is 10.1. The average molecular weight is 239 g/mol. The largest absolute Gasteiger partial charge is 0.437 e. The number of nitrogen functional groups attached to an aromatic ring is 1. The van der Waals surface area contributed by atoms with Crippen molar-refractivity contribution in [2.45, 2.75) is 0 Å². The van der Waals surface area contributed by atoms with Crippen LogP contribution in [0, 0.1) is 5.82 Å². The minimum absolute atomic E-state index is 0.204. The molecule has 0 bridgehead atoms. The first-order valence-corrected chi connectivity index (χ1v) is 4.87. The Balaban J connectivity index is 2.27. The van der Waals surface area contributed by atoms with Gasteiger partial charge in [-0.15, -0.1) is 0 Å². The Morgan fingerprint density at radius 3 is 2.81 bits per heavy atom. The summed E-state index contributed by atoms with van der Waals surface area (Å²) >= 11 is 5.69. The van der Waals surface area contributed by atoms with Crippen LogP contribution in [-0.2, 0) is 0 Å². The summed E-state index contributed by atoms with van der Waals surface area (Å²) in [6.45, 7) is 0. The summed E-state index contributed by atoms with van der Waals surface area (Å²) in [5.41, 5.74) is 5.94. The quantitative estimate of drug-likeness (QED) is 0.874. The molecule has 0 aliphatic rings. The second-order valence-electron chi connectivity index (χ2n) is 3.11. The van der Waals surface area contributed by atoms with Crippen LogP contribution in [0.25, 0.3) is 0 Å². The fourth-order valence-electron chi connectivity index (χ4n) is 1.17. The second kappa shape index (κ2) is 4.37. The zero-order valence-electron chi connectivity index (χ0n) is 8.15. The Bertz CT molecular complexity index is 519. The van der Waals surface area contributed by atoms with Crippen LogP contribution in [0.5, 0.6) is 11.6 Å². The predicted molar refractivity (Wildman–Crippen MR) is 60.1 cm³/mol. The van der Waals surface area contributed by atoms with Crippen molar-refractivity contribution < 1.29 is 9.13 Å². The molecule has 1 heterocycles. The van der Waals surface area contributed by atoms with Gasteiger partial charge in [-0.05, 0) is 18.2 Å². The Kier molecular flexibility index (Phi) is 2.92. The van der Waals surface area contributed by atoms with Gasteiger partial charge >= 0.3 is 0 Å². The molecule has 2 aromatic rings. The number of benzene rings is 1. The first-order valence-electron chi connectivity index (χ1n) is 4.49. The molecule has 0 saturated carbocycles. The molecule has 0 saturated heterocycles. The van der Waals surface area contributed by atoms with E-state index in [0.29, 0.717) is 16.5 Å². The van der Waals surface area contributed by atoms with Crippen LogP contribution in [0.2, 0.25) is 5.02 Å². The molecule has 0 fully saturated rings. The third-order valence-corrected chi connectivity index (χ3v) is 2.06. The van der Waals surface area contributed by atoms with Crippen molar-refractivity contribution in [3.8, 4) is 11.6 Å². The number of nitrogens with two attached hydrogens (primary N) is 1. The number of pyridine rings is 1. The van der Waals surface area contributed by atoms with Gasteiger partial charge in [0.15, 0.2) is 0 Å². The minimum atomic E-state index is -0.384. The van der Waals surface area contributed by atoms with Gasteiger partial charge < -0.3 is 10.5 Å². The molecule has 0 amide bonds. The zero-order valence-corrected chi connectivity index (χ0v) is 8.91. The number of ether oxygens (including phenoxy) is 1. The lowest BCUT2D eigenvalue weighted by molar-refractivity contribution is 0.460. The summed E-state index contributed by atoms with van der Waals surface area (Å²) in [5.74, 6) is 0.154. The lowest BCUT2D eigenvalue weighted by Gasteiger charge is -2.06. The van der Waals surface area contributed by atoms with Crippen molar-refractivity contribution in [2.24, 2.45) is 0 Å². The van der Waals surface area contributed by atoms with E-state index in [1.165, 1.54) is 30.5 Å². The van der Waals surface area contributed by atoms with E-state index in [2.05, 4.69) is 4.98 Å². The Morgan fingerprint density at radius 1 is 1.31 bits per heavy atom. The smallest absolute Gasteiger partial charge is 0.242 e. The molecule has 0 aliphatic carbocycles. The monoisotopic (exact) mass is 238 g/mol. The van der Waals surface area contributed by atoms with Crippen molar-refractivity contribution in [2.75, 3.05) is 5.73 Å². The van der Waals surface area contributed by atoms with E-state index < -0.39 is 0 Å². The van der Waals surface area contributed by atoms with E-state index in [1.807, 2.05) is 0 Å². The summed E-state index contributed by atoms with van der Waals surface area (Å²) in [7, 11) is 0. The first-order chi connectivity index (χ1) is 7.65. The molecule has 0 aliphatic heterocycles. The van der Waals surface area contributed by atoms with E-state index in [4.69, 9.17) is 22.1 Å². The lowest BCUT2D eigenvalue weighted by Crippen LogP contribution is -1.94. The summed E-state index contributed by atoms with van der Waals surface area (Å²) in [5, 5.41) is 0.420. The number of aromatic nitrogens is 1. The highest BCUT2D eigenvalue weighted by Crippen LogP contribution is 2.27. The van der Waals surface area contributed by atoms with Crippen LogP contribution in [-0.4, -0.2) is 4.98 Å². The molecule has 16 heavy (non-hydrogen) atoms. The number of rotatable bonds is 2. The molecule has 82 valence electrons. The molecule has 0 radical (unpaired) electrons. The number of nitrogens with zero attached hydrogens (tertiary/aromatic N) is 1. The highest BCUT2D eigenvalue weighted by molar-refractivity contribution is 6.30. The van der Waals surface area contributed by atoms with Crippen LogP contribution >= 0.6 is 11.6 Å². The van der Waals surface area contributed by atoms with Gasteiger partial charge in [-0.1, -0.05) is 17.7 Å². The van der Waals surface area contributed by atoms with Gasteiger partial charge in [0.25, 0.3) is 0 Å². The fourth-order valence-corrected chi connectivity index (χ4v) is 1.34. The molecule has 0 spiro atoms. The van der Waals surface area contributed by atoms with E-state index in [9.17, 15) is 4.39 Å². The van der Waals surface area contributed by atoms with Crippen LogP contribution in [0.4, 0.5) is 10.1 Å². The van der Waals surface area contributed by atoms with Crippen molar-refractivity contribution >= 4 is 17.3 Å². The highest BCUT2D eigenvalue weighted by Gasteiger charge is 2.05. The number of anilines is 1. The summed E-state index contributed by atoms with van der Waals surface area (Å²) < 4.78 is 18.2. The second-order valence-corrected chi connectivity index (χ2v) is 3.54. The van der Waals surface area contributed by atoms with E-state index in [-0.39, 0.29) is 11.7 Å². The maximum Gasteiger partial charge on any atom is 0.242 e. The molecule has 1 aromatic heterocycles. The predicted octanol–water partition coefficient (Wildman–Crippen LogP) is 3.25. The molecule has 5 heteroatoms. The number of hydrogen-bond donors (Lipinski definition) is 1. The van der Waals surface area contributed by atoms with E-state index >= 15 is 0 Å². The van der Waals surface area contributed by atoms with Gasteiger partial charge in [-0.3, -0.25) is 0 Å². The zero-order chi connectivity index (χ0) is 11.5. The Morgan fingerprint density at radius 2 is 2.12 bits per heavy atom. The van der Waals surface area contributed by atoms with Gasteiger partial charge in [0, 0.05) is 12.3 Å². The van der Waals surface area contributed by atoms with Gasteiger partial charge in [0.05, 0.1) is 10.7 Å². The molecule has 0 unspecified atom stereocenters. The van der Waals surface area contributed by atoms with Crippen LogP contribution < -0.4 is 10.5 Å². The lowest BCUT2D eigenvalue weighted by atomic mass is 10.3. The third kappa shape index (κ3) is 2.41. The van der Waals surface area contributed by atoms with Crippen LogP contribution in [0.1, 0.15) is 0 Å². The average Bonchev–Trinajstić information content (AvgIpc) is 2.22. The molecule has 0 atom stereocenters. The van der Waals surface area contributed by atoms with E-state index in [0.717, 1.165) is 0 Å². The Hall–Kier alpha value is -1.81. The maximum absolute atomic E-state index is 12.9. The first kappa shape index (κ1) is 10.7.